The molecule has 10 heteroatoms. The van der Waals surface area contributed by atoms with E-state index in [4.69, 9.17) is 9.47 Å². The molecule has 0 saturated carbocycles. The number of aromatic nitrogens is 2. The van der Waals surface area contributed by atoms with Crippen LogP contribution in [-0.2, 0) is 0 Å². The predicted octanol–water partition coefficient (Wildman–Crippen LogP) is 3.80. The number of carbonyl (C=O) groups is 1. The van der Waals surface area contributed by atoms with Crippen LogP contribution in [0.25, 0.3) is 0 Å². The summed E-state index contributed by atoms with van der Waals surface area (Å²) in [7, 11) is 0. The summed E-state index contributed by atoms with van der Waals surface area (Å²) in [5.74, 6) is 0.714. The summed E-state index contributed by atoms with van der Waals surface area (Å²) < 4.78 is 52.8. The average molecular weight is 410 g/mol. The van der Waals surface area contributed by atoms with Crippen LogP contribution in [0.1, 0.15) is 54.8 Å². The second kappa shape index (κ2) is 7.16. The maximum Gasteiger partial charge on any atom is 0.410 e. The van der Waals surface area contributed by atoms with Gasteiger partial charge in [-0.25, -0.2) is 4.68 Å². The van der Waals surface area contributed by atoms with E-state index in [0.717, 1.165) is 4.68 Å². The van der Waals surface area contributed by atoms with Crippen molar-refractivity contribution in [3.8, 4) is 11.5 Å². The molecule has 1 aromatic heterocycles. The number of nitrogens with one attached hydrogen (secondary N) is 2. The number of fused-ring (bicyclic) bond motifs is 2. The quantitative estimate of drug-likeness (QED) is 0.802. The molecule has 0 saturated heterocycles. The van der Waals surface area contributed by atoms with Gasteiger partial charge in [-0.3, -0.25) is 4.79 Å². The number of nitrogens with zero attached hydrogens (tertiary/aromatic N) is 2. The van der Waals surface area contributed by atoms with Crippen LogP contribution in [0, 0.1) is 0 Å². The lowest BCUT2D eigenvalue weighted by molar-refractivity contribution is -0.173. The smallest absolute Gasteiger partial charge is 0.410 e. The SMILES string of the molecule is CC[C@H](C)NC(=O)c1cc2n(n1)[C@@H](C(F)(F)F)C[C@@H](c1ccc3c(c1)OCO3)N2. The van der Waals surface area contributed by atoms with Crippen molar-refractivity contribution >= 4 is 11.7 Å². The highest BCUT2D eigenvalue weighted by atomic mass is 19.4. The fraction of sp³-hybridized carbons (Fsp3) is 0.474. The van der Waals surface area contributed by atoms with Crippen LogP contribution in [0.4, 0.5) is 19.0 Å². The summed E-state index contributed by atoms with van der Waals surface area (Å²) in [6.07, 6.45) is -4.07. The van der Waals surface area contributed by atoms with Crippen molar-refractivity contribution < 1.29 is 27.4 Å². The number of amides is 1. The molecule has 7 nitrogen and oxygen atoms in total. The number of benzene rings is 1. The fourth-order valence-corrected chi connectivity index (χ4v) is 3.43. The number of ether oxygens (including phenoxy) is 2. The van der Waals surface area contributed by atoms with Crippen molar-refractivity contribution in [1.29, 1.82) is 0 Å². The number of rotatable bonds is 4. The molecule has 1 amide bonds. The Hall–Kier alpha value is -2.91. The molecule has 156 valence electrons. The van der Waals surface area contributed by atoms with Gasteiger partial charge in [0.1, 0.15) is 5.82 Å². The molecule has 0 spiro atoms. The Morgan fingerprint density at radius 3 is 2.83 bits per heavy atom. The second-order valence-electron chi connectivity index (χ2n) is 7.24. The van der Waals surface area contributed by atoms with Gasteiger partial charge in [0.25, 0.3) is 5.91 Å². The summed E-state index contributed by atoms with van der Waals surface area (Å²) in [4.78, 5) is 12.3. The summed E-state index contributed by atoms with van der Waals surface area (Å²) >= 11 is 0. The molecule has 0 aliphatic carbocycles. The third-order valence-corrected chi connectivity index (χ3v) is 5.21. The molecule has 2 aliphatic rings. The molecule has 4 rings (SSSR count). The Morgan fingerprint density at radius 1 is 1.34 bits per heavy atom. The standard InChI is InChI=1S/C19H21F3N4O3/c1-3-10(2)23-18(27)13-8-17-24-12(7-16(19(20,21)22)26(17)25-13)11-4-5-14-15(6-11)29-9-28-14/h4-6,8,10,12,16,24H,3,7,9H2,1-2H3,(H,23,27)/t10-,12-,16+/m0/s1. The minimum absolute atomic E-state index is 0.0478. The van der Waals surface area contributed by atoms with E-state index in [2.05, 4.69) is 15.7 Å². The van der Waals surface area contributed by atoms with Crippen LogP contribution < -0.4 is 20.1 Å². The first-order valence-corrected chi connectivity index (χ1v) is 9.39. The predicted molar refractivity (Wildman–Crippen MR) is 98.1 cm³/mol. The normalized spacial score (nSPS) is 21.3. The lowest BCUT2D eigenvalue weighted by Gasteiger charge is -2.33. The van der Waals surface area contributed by atoms with Crippen molar-refractivity contribution in [2.45, 2.75) is 51.0 Å². The molecule has 3 heterocycles. The highest BCUT2D eigenvalue weighted by Gasteiger charge is 2.47. The lowest BCUT2D eigenvalue weighted by atomic mass is 9.96. The number of alkyl halides is 3. The highest BCUT2D eigenvalue weighted by Crippen LogP contribution is 2.45. The number of carbonyl (C=O) groups excluding carboxylic acids is 1. The van der Waals surface area contributed by atoms with Crippen LogP contribution in [0.2, 0.25) is 0 Å². The van der Waals surface area contributed by atoms with Gasteiger partial charge in [0.05, 0.1) is 6.04 Å². The molecule has 2 aliphatic heterocycles. The first-order chi connectivity index (χ1) is 13.8. The third-order valence-electron chi connectivity index (χ3n) is 5.21. The van der Waals surface area contributed by atoms with Crippen LogP contribution in [0.5, 0.6) is 11.5 Å². The zero-order valence-corrected chi connectivity index (χ0v) is 15.9. The van der Waals surface area contributed by atoms with Gasteiger partial charge in [0.2, 0.25) is 6.79 Å². The first-order valence-electron chi connectivity index (χ1n) is 9.39. The Balaban J connectivity index is 1.65. The van der Waals surface area contributed by atoms with Gasteiger partial charge in [-0.05, 0) is 31.0 Å². The van der Waals surface area contributed by atoms with Gasteiger partial charge in [0, 0.05) is 18.5 Å². The molecular formula is C19H21F3N4O3. The first kappa shape index (κ1) is 19.4. The van der Waals surface area contributed by atoms with Crippen molar-refractivity contribution in [3.63, 3.8) is 0 Å². The van der Waals surface area contributed by atoms with Gasteiger partial charge in [-0.15, -0.1) is 0 Å². The molecule has 2 N–H and O–H groups in total. The molecule has 0 radical (unpaired) electrons. The van der Waals surface area contributed by atoms with Gasteiger partial charge >= 0.3 is 6.18 Å². The zero-order chi connectivity index (χ0) is 20.8. The molecule has 0 bridgehead atoms. The topological polar surface area (TPSA) is 77.4 Å². The summed E-state index contributed by atoms with van der Waals surface area (Å²) in [6, 6.07) is 3.85. The number of anilines is 1. The summed E-state index contributed by atoms with van der Waals surface area (Å²) in [5, 5.41) is 9.75. The number of halogens is 3. The van der Waals surface area contributed by atoms with E-state index in [0.29, 0.717) is 23.5 Å². The second-order valence-corrected chi connectivity index (χ2v) is 7.24. The van der Waals surface area contributed by atoms with Crippen LogP contribution in [-0.4, -0.2) is 34.7 Å². The molecular weight excluding hydrogens is 389 g/mol. The van der Waals surface area contributed by atoms with Gasteiger partial charge in [-0.1, -0.05) is 13.0 Å². The van der Waals surface area contributed by atoms with Crippen molar-refractivity contribution in [2.24, 2.45) is 0 Å². The van der Waals surface area contributed by atoms with E-state index >= 15 is 0 Å². The van der Waals surface area contributed by atoms with E-state index in [-0.39, 0.29) is 30.8 Å². The van der Waals surface area contributed by atoms with Gasteiger partial charge in [-0.2, -0.15) is 18.3 Å². The molecule has 0 unspecified atom stereocenters. The number of hydrogen-bond donors (Lipinski definition) is 2. The Labute approximate surface area is 165 Å². The van der Waals surface area contributed by atoms with Gasteiger partial charge < -0.3 is 20.1 Å². The van der Waals surface area contributed by atoms with Crippen molar-refractivity contribution in [1.82, 2.24) is 15.1 Å². The van der Waals surface area contributed by atoms with Crippen molar-refractivity contribution in [3.05, 3.63) is 35.5 Å². The lowest BCUT2D eigenvalue weighted by Crippen LogP contribution is -2.36. The maximum atomic E-state index is 13.8. The van der Waals surface area contributed by atoms with E-state index in [1.165, 1.54) is 6.07 Å². The molecule has 2 aromatic rings. The Kier molecular flexibility index (Phi) is 4.79. The minimum atomic E-state index is -4.51. The highest BCUT2D eigenvalue weighted by molar-refractivity contribution is 5.93. The van der Waals surface area contributed by atoms with Crippen LogP contribution in [0.3, 0.4) is 0 Å². The average Bonchev–Trinajstić information content (AvgIpc) is 3.32. The van der Waals surface area contributed by atoms with E-state index < -0.39 is 24.2 Å². The monoisotopic (exact) mass is 410 g/mol. The largest absolute Gasteiger partial charge is 0.454 e. The van der Waals surface area contributed by atoms with E-state index in [1.807, 2.05) is 13.8 Å². The molecule has 3 atom stereocenters. The Morgan fingerprint density at radius 2 is 2.10 bits per heavy atom. The van der Waals surface area contributed by atoms with E-state index in [1.54, 1.807) is 18.2 Å². The maximum absolute atomic E-state index is 13.8. The Bertz CT molecular complexity index is 928. The summed E-state index contributed by atoms with van der Waals surface area (Å²) in [6.45, 7) is 3.81. The minimum Gasteiger partial charge on any atom is -0.454 e. The van der Waals surface area contributed by atoms with Crippen molar-refractivity contribution in [2.75, 3.05) is 12.1 Å². The zero-order valence-electron chi connectivity index (χ0n) is 15.9. The molecule has 0 fully saturated rings. The number of hydrogen-bond acceptors (Lipinski definition) is 5. The third kappa shape index (κ3) is 3.70. The molecule has 29 heavy (non-hydrogen) atoms. The van der Waals surface area contributed by atoms with Crippen LogP contribution >= 0.6 is 0 Å². The van der Waals surface area contributed by atoms with Crippen LogP contribution in [0.15, 0.2) is 24.3 Å². The molecule has 1 aromatic carbocycles. The van der Waals surface area contributed by atoms with Gasteiger partial charge in [0.15, 0.2) is 23.2 Å². The summed E-state index contributed by atoms with van der Waals surface area (Å²) in [5.41, 5.74) is 0.593. The fourth-order valence-electron chi connectivity index (χ4n) is 3.43. The van der Waals surface area contributed by atoms with E-state index in [9.17, 15) is 18.0 Å².